The fourth-order valence-corrected chi connectivity index (χ4v) is 4.36. The van der Waals surface area contributed by atoms with Gasteiger partial charge in [0.2, 0.25) is 0 Å². The maximum Gasteiger partial charge on any atom is 0.0124 e. The number of fused-ring (bicyclic) bond motifs is 1. The summed E-state index contributed by atoms with van der Waals surface area (Å²) in [7, 11) is 0. The maximum atomic E-state index is 3.56. The van der Waals surface area contributed by atoms with E-state index in [1.807, 2.05) is 0 Å². The summed E-state index contributed by atoms with van der Waals surface area (Å²) >= 11 is 0. The number of nitrogens with one attached hydrogen (secondary N) is 1. The molecule has 0 unspecified atom stereocenters. The van der Waals surface area contributed by atoms with E-state index < -0.39 is 0 Å². The molecule has 3 fully saturated rings. The second-order valence-electron chi connectivity index (χ2n) is 6.64. The predicted octanol–water partition coefficient (Wildman–Crippen LogP) is 2.50. The zero-order chi connectivity index (χ0) is 11.7. The SMILES string of the molecule is C[C@@H]1CNC[C@H]1CN1CCC[C@H]2CCCC[C@H]21. The van der Waals surface area contributed by atoms with Crippen LogP contribution in [-0.4, -0.2) is 37.1 Å². The van der Waals surface area contributed by atoms with Crippen molar-refractivity contribution in [2.75, 3.05) is 26.2 Å². The quantitative estimate of drug-likeness (QED) is 0.792. The number of likely N-dealkylation sites (tertiary alicyclic amines) is 1. The van der Waals surface area contributed by atoms with Gasteiger partial charge in [-0.05, 0) is 63.1 Å². The third-order valence-electron chi connectivity index (χ3n) is 5.50. The van der Waals surface area contributed by atoms with E-state index in [2.05, 4.69) is 17.1 Å². The Labute approximate surface area is 106 Å². The molecule has 98 valence electrons. The summed E-state index contributed by atoms with van der Waals surface area (Å²) in [6, 6.07) is 0.949. The first-order valence-corrected chi connectivity index (χ1v) is 7.79. The van der Waals surface area contributed by atoms with Gasteiger partial charge in [-0.2, -0.15) is 0 Å². The molecule has 1 aliphatic carbocycles. The normalized spacial score (nSPS) is 43.6. The lowest BCUT2D eigenvalue weighted by Gasteiger charge is -2.45. The van der Waals surface area contributed by atoms with Crippen LogP contribution in [0.2, 0.25) is 0 Å². The van der Waals surface area contributed by atoms with Crippen molar-refractivity contribution in [2.45, 2.75) is 51.5 Å². The molecule has 0 bridgehead atoms. The van der Waals surface area contributed by atoms with Crippen LogP contribution >= 0.6 is 0 Å². The smallest absolute Gasteiger partial charge is 0.0124 e. The molecule has 2 nitrogen and oxygen atoms in total. The van der Waals surface area contributed by atoms with Gasteiger partial charge in [-0.1, -0.05) is 19.8 Å². The highest BCUT2D eigenvalue weighted by molar-refractivity contribution is 4.90. The Morgan fingerprint density at radius 3 is 2.71 bits per heavy atom. The predicted molar refractivity (Wildman–Crippen MR) is 72.1 cm³/mol. The number of hydrogen-bond acceptors (Lipinski definition) is 2. The Balaban J connectivity index is 1.61. The van der Waals surface area contributed by atoms with Gasteiger partial charge in [0, 0.05) is 12.6 Å². The summed E-state index contributed by atoms with van der Waals surface area (Å²) in [6.45, 7) is 7.67. The standard InChI is InChI=1S/C15H28N2/c1-12-9-16-10-14(12)11-17-8-4-6-13-5-2-3-7-15(13)17/h12-16H,2-11H2,1H3/t12-,13-,14+,15-/m1/s1. The van der Waals surface area contributed by atoms with E-state index in [9.17, 15) is 0 Å². The van der Waals surface area contributed by atoms with E-state index in [1.54, 1.807) is 0 Å². The molecule has 0 radical (unpaired) electrons. The van der Waals surface area contributed by atoms with Crippen molar-refractivity contribution in [3.63, 3.8) is 0 Å². The van der Waals surface area contributed by atoms with E-state index in [4.69, 9.17) is 0 Å². The van der Waals surface area contributed by atoms with Gasteiger partial charge in [0.1, 0.15) is 0 Å². The van der Waals surface area contributed by atoms with Gasteiger partial charge in [0.15, 0.2) is 0 Å². The molecule has 1 saturated carbocycles. The summed E-state index contributed by atoms with van der Waals surface area (Å²) in [5.74, 6) is 2.84. The maximum absolute atomic E-state index is 3.56. The highest BCUT2D eigenvalue weighted by Gasteiger charge is 2.35. The van der Waals surface area contributed by atoms with E-state index >= 15 is 0 Å². The Morgan fingerprint density at radius 2 is 1.88 bits per heavy atom. The molecule has 2 heterocycles. The highest BCUT2D eigenvalue weighted by atomic mass is 15.2. The molecule has 3 aliphatic rings. The van der Waals surface area contributed by atoms with Gasteiger partial charge in [-0.3, -0.25) is 4.90 Å². The largest absolute Gasteiger partial charge is 0.316 e. The van der Waals surface area contributed by atoms with Crippen molar-refractivity contribution < 1.29 is 0 Å². The minimum Gasteiger partial charge on any atom is -0.316 e. The van der Waals surface area contributed by atoms with Crippen LogP contribution in [0.3, 0.4) is 0 Å². The first-order valence-electron chi connectivity index (χ1n) is 7.79. The third-order valence-corrected chi connectivity index (χ3v) is 5.50. The van der Waals surface area contributed by atoms with Gasteiger partial charge in [-0.25, -0.2) is 0 Å². The Kier molecular flexibility index (Phi) is 3.72. The van der Waals surface area contributed by atoms with Crippen LogP contribution < -0.4 is 5.32 Å². The molecule has 2 heteroatoms. The number of hydrogen-bond donors (Lipinski definition) is 1. The first-order chi connectivity index (χ1) is 8.34. The van der Waals surface area contributed by atoms with Crippen molar-refractivity contribution in [2.24, 2.45) is 17.8 Å². The highest BCUT2D eigenvalue weighted by Crippen LogP contribution is 2.36. The van der Waals surface area contributed by atoms with Gasteiger partial charge in [-0.15, -0.1) is 0 Å². The monoisotopic (exact) mass is 236 g/mol. The van der Waals surface area contributed by atoms with Crippen molar-refractivity contribution in [1.29, 1.82) is 0 Å². The molecule has 1 N–H and O–H groups in total. The lowest BCUT2D eigenvalue weighted by molar-refractivity contribution is 0.0459. The summed E-state index contributed by atoms with van der Waals surface area (Å²) in [5, 5.41) is 3.56. The molecule has 4 atom stereocenters. The summed E-state index contributed by atoms with van der Waals surface area (Å²) in [5.41, 5.74) is 0. The van der Waals surface area contributed by atoms with Crippen LogP contribution in [0.1, 0.15) is 45.4 Å². The lowest BCUT2D eigenvalue weighted by Crippen LogP contribution is -2.49. The van der Waals surface area contributed by atoms with Crippen LogP contribution in [0.4, 0.5) is 0 Å². The van der Waals surface area contributed by atoms with Crippen molar-refractivity contribution in [3.05, 3.63) is 0 Å². The van der Waals surface area contributed by atoms with Crippen LogP contribution in [0.5, 0.6) is 0 Å². The van der Waals surface area contributed by atoms with Gasteiger partial charge in [0.05, 0.1) is 0 Å². The summed E-state index contributed by atoms with van der Waals surface area (Å²) in [4.78, 5) is 2.86. The zero-order valence-corrected chi connectivity index (χ0v) is 11.3. The molecule has 0 amide bonds. The lowest BCUT2D eigenvalue weighted by atomic mass is 9.78. The zero-order valence-electron chi connectivity index (χ0n) is 11.3. The van der Waals surface area contributed by atoms with Gasteiger partial charge >= 0.3 is 0 Å². The molecule has 0 aromatic carbocycles. The van der Waals surface area contributed by atoms with E-state index in [0.29, 0.717) is 0 Å². The van der Waals surface area contributed by atoms with E-state index in [1.165, 1.54) is 64.7 Å². The second-order valence-corrected chi connectivity index (χ2v) is 6.64. The Hall–Kier alpha value is -0.0800. The van der Waals surface area contributed by atoms with Crippen LogP contribution in [0.15, 0.2) is 0 Å². The first kappa shape index (κ1) is 12.0. The molecule has 2 aliphatic heterocycles. The molecule has 0 aromatic rings. The number of piperidine rings is 1. The third kappa shape index (κ3) is 2.53. The number of nitrogens with zero attached hydrogens (tertiary/aromatic N) is 1. The minimum absolute atomic E-state index is 0.888. The van der Waals surface area contributed by atoms with Gasteiger partial charge in [0.25, 0.3) is 0 Å². The fraction of sp³-hybridized carbons (Fsp3) is 1.00. The minimum atomic E-state index is 0.888. The molecular formula is C15H28N2. The van der Waals surface area contributed by atoms with Crippen molar-refractivity contribution in [3.8, 4) is 0 Å². The summed E-state index contributed by atoms with van der Waals surface area (Å²) < 4.78 is 0. The van der Waals surface area contributed by atoms with Gasteiger partial charge < -0.3 is 5.32 Å². The van der Waals surface area contributed by atoms with E-state index in [0.717, 1.165) is 23.8 Å². The molecule has 2 saturated heterocycles. The van der Waals surface area contributed by atoms with Crippen LogP contribution in [0.25, 0.3) is 0 Å². The molecular weight excluding hydrogens is 208 g/mol. The van der Waals surface area contributed by atoms with Crippen LogP contribution in [0, 0.1) is 17.8 Å². The van der Waals surface area contributed by atoms with E-state index in [-0.39, 0.29) is 0 Å². The molecule has 17 heavy (non-hydrogen) atoms. The Morgan fingerprint density at radius 1 is 1.06 bits per heavy atom. The van der Waals surface area contributed by atoms with Crippen molar-refractivity contribution >= 4 is 0 Å². The van der Waals surface area contributed by atoms with Crippen molar-refractivity contribution in [1.82, 2.24) is 10.2 Å². The van der Waals surface area contributed by atoms with Crippen LogP contribution in [-0.2, 0) is 0 Å². The topological polar surface area (TPSA) is 15.3 Å². The average molecular weight is 236 g/mol. The molecule has 0 spiro atoms. The Bertz CT molecular complexity index is 251. The fourth-order valence-electron chi connectivity index (χ4n) is 4.36. The summed E-state index contributed by atoms with van der Waals surface area (Å²) in [6.07, 6.45) is 8.95. The second kappa shape index (κ2) is 5.27. The molecule has 0 aromatic heterocycles. The number of rotatable bonds is 2. The molecule has 3 rings (SSSR count). The average Bonchev–Trinajstić information content (AvgIpc) is 2.76.